The molecule has 1 N–H and O–H groups in total. The summed E-state index contributed by atoms with van der Waals surface area (Å²) in [4.78, 5) is 14.4. The van der Waals surface area contributed by atoms with E-state index in [9.17, 15) is 4.79 Å². The van der Waals surface area contributed by atoms with Gasteiger partial charge in [-0.15, -0.1) is 0 Å². The number of rotatable bonds is 2. The van der Waals surface area contributed by atoms with Crippen molar-refractivity contribution in [3.8, 4) is 0 Å². The molecular weight excluding hydrogens is 248 g/mol. The van der Waals surface area contributed by atoms with Crippen molar-refractivity contribution in [1.29, 1.82) is 0 Å². The van der Waals surface area contributed by atoms with Crippen LogP contribution in [-0.2, 0) is 6.54 Å². The van der Waals surface area contributed by atoms with Crippen LogP contribution >= 0.6 is 0 Å². The number of carbonyl (C=O) groups excluding carboxylic acids is 1. The summed E-state index contributed by atoms with van der Waals surface area (Å²) >= 11 is 0. The number of carbonyl (C=O) groups is 1. The third-order valence-electron chi connectivity index (χ3n) is 3.72. The molecule has 2 aromatic carbocycles. The van der Waals surface area contributed by atoms with Crippen LogP contribution < -0.4 is 10.2 Å². The third kappa shape index (κ3) is 2.16. The first-order chi connectivity index (χ1) is 9.58. The number of benzene rings is 2. The van der Waals surface area contributed by atoms with E-state index >= 15 is 0 Å². The lowest BCUT2D eigenvalue weighted by molar-refractivity contribution is 0.0897. The van der Waals surface area contributed by atoms with Crippen LogP contribution in [0.15, 0.2) is 54.6 Å². The van der Waals surface area contributed by atoms with Gasteiger partial charge in [0.05, 0.1) is 11.3 Å². The van der Waals surface area contributed by atoms with Gasteiger partial charge >= 0.3 is 0 Å². The van der Waals surface area contributed by atoms with Crippen molar-refractivity contribution in [2.75, 3.05) is 4.90 Å². The molecule has 0 aromatic heterocycles. The van der Waals surface area contributed by atoms with Crippen LogP contribution in [0.25, 0.3) is 0 Å². The number of amides is 1. The summed E-state index contributed by atoms with van der Waals surface area (Å²) in [5, 5.41) is 3.07. The van der Waals surface area contributed by atoms with Crippen LogP contribution in [0.4, 0.5) is 5.69 Å². The van der Waals surface area contributed by atoms with Crippen LogP contribution in [0.2, 0.25) is 0 Å². The van der Waals surface area contributed by atoms with E-state index in [0.717, 1.165) is 17.8 Å². The van der Waals surface area contributed by atoms with Gasteiger partial charge in [0, 0.05) is 6.54 Å². The average molecular weight is 266 g/mol. The fourth-order valence-corrected chi connectivity index (χ4v) is 2.66. The predicted molar refractivity (Wildman–Crippen MR) is 80.6 cm³/mol. The first-order valence-electron chi connectivity index (χ1n) is 6.81. The minimum Gasteiger partial charge on any atom is -0.344 e. The van der Waals surface area contributed by atoms with Crippen LogP contribution in [0, 0.1) is 0 Å². The molecule has 102 valence electrons. The molecule has 2 aromatic rings. The Bertz CT molecular complexity index is 634. The summed E-state index contributed by atoms with van der Waals surface area (Å²) in [6.07, 6.45) is 0. The lowest BCUT2D eigenvalue weighted by atomic mass is 10.0. The van der Waals surface area contributed by atoms with Crippen molar-refractivity contribution in [2.45, 2.75) is 26.1 Å². The summed E-state index contributed by atoms with van der Waals surface area (Å²) in [7, 11) is 0. The molecular formula is C17H18N2O. The summed E-state index contributed by atoms with van der Waals surface area (Å²) in [6.45, 7) is 4.83. The van der Waals surface area contributed by atoms with E-state index in [1.807, 2.05) is 56.3 Å². The molecule has 20 heavy (non-hydrogen) atoms. The Kier molecular flexibility index (Phi) is 2.97. The maximum atomic E-state index is 12.2. The van der Waals surface area contributed by atoms with E-state index in [1.165, 1.54) is 5.56 Å². The third-order valence-corrected chi connectivity index (χ3v) is 3.72. The van der Waals surface area contributed by atoms with Gasteiger partial charge in [0.2, 0.25) is 0 Å². The summed E-state index contributed by atoms with van der Waals surface area (Å²) in [5.74, 6) is -0.00471. The Morgan fingerprint density at radius 3 is 2.40 bits per heavy atom. The van der Waals surface area contributed by atoms with Crippen LogP contribution in [0.1, 0.15) is 29.8 Å². The van der Waals surface area contributed by atoms with Crippen molar-refractivity contribution in [1.82, 2.24) is 5.32 Å². The van der Waals surface area contributed by atoms with E-state index < -0.39 is 5.66 Å². The van der Waals surface area contributed by atoms with Crippen molar-refractivity contribution in [2.24, 2.45) is 0 Å². The molecule has 3 heteroatoms. The Balaban J connectivity index is 2.03. The summed E-state index contributed by atoms with van der Waals surface area (Å²) < 4.78 is 0. The Morgan fingerprint density at radius 1 is 1.00 bits per heavy atom. The Morgan fingerprint density at radius 2 is 1.65 bits per heavy atom. The highest BCUT2D eigenvalue weighted by Crippen LogP contribution is 2.32. The Hall–Kier alpha value is -2.29. The van der Waals surface area contributed by atoms with Crippen molar-refractivity contribution in [3.63, 3.8) is 0 Å². The number of para-hydroxylation sites is 1. The highest BCUT2D eigenvalue weighted by Gasteiger charge is 2.36. The molecule has 0 radical (unpaired) electrons. The molecule has 0 atom stereocenters. The molecule has 1 aliphatic heterocycles. The van der Waals surface area contributed by atoms with Gasteiger partial charge in [-0.05, 0) is 31.5 Å². The van der Waals surface area contributed by atoms with E-state index in [-0.39, 0.29) is 5.91 Å². The zero-order valence-electron chi connectivity index (χ0n) is 11.8. The van der Waals surface area contributed by atoms with E-state index in [1.54, 1.807) is 0 Å². The zero-order chi connectivity index (χ0) is 14.2. The maximum absolute atomic E-state index is 12.2. The number of nitrogens with zero attached hydrogens (tertiary/aromatic N) is 1. The largest absolute Gasteiger partial charge is 0.344 e. The highest BCUT2D eigenvalue weighted by molar-refractivity contribution is 6.02. The molecule has 0 saturated heterocycles. The molecule has 0 saturated carbocycles. The van der Waals surface area contributed by atoms with Gasteiger partial charge in [0.1, 0.15) is 5.66 Å². The van der Waals surface area contributed by atoms with E-state index in [4.69, 9.17) is 0 Å². The topological polar surface area (TPSA) is 32.3 Å². The quantitative estimate of drug-likeness (QED) is 0.905. The number of hydrogen-bond acceptors (Lipinski definition) is 2. The second kappa shape index (κ2) is 4.67. The smallest absolute Gasteiger partial charge is 0.255 e. The standard InChI is InChI=1S/C17H18N2O/c1-17(2)18-16(20)14-10-6-7-11-15(14)19(17)12-13-8-4-3-5-9-13/h3-11H,12H2,1-2H3,(H,18,20). The zero-order valence-corrected chi connectivity index (χ0v) is 11.8. The number of nitrogens with one attached hydrogen (secondary N) is 1. The van der Waals surface area contributed by atoms with Crippen LogP contribution in [-0.4, -0.2) is 11.6 Å². The van der Waals surface area contributed by atoms with Gasteiger partial charge in [0.25, 0.3) is 5.91 Å². The number of anilines is 1. The monoisotopic (exact) mass is 266 g/mol. The Labute approximate surface area is 119 Å². The predicted octanol–water partition coefficient (Wildman–Crippen LogP) is 3.17. The van der Waals surface area contributed by atoms with Gasteiger partial charge in [-0.1, -0.05) is 42.5 Å². The minimum atomic E-state index is -0.402. The average Bonchev–Trinajstić information content (AvgIpc) is 2.44. The molecule has 1 aliphatic rings. The molecule has 0 bridgehead atoms. The van der Waals surface area contributed by atoms with Crippen molar-refractivity contribution in [3.05, 3.63) is 65.7 Å². The molecule has 0 unspecified atom stereocenters. The SMILES string of the molecule is CC1(C)NC(=O)c2ccccc2N1Cc1ccccc1. The number of hydrogen-bond donors (Lipinski definition) is 1. The molecule has 1 heterocycles. The van der Waals surface area contributed by atoms with Gasteiger partial charge < -0.3 is 10.2 Å². The summed E-state index contributed by atoms with van der Waals surface area (Å²) in [6, 6.07) is 18.1. The summed E-state index contributed by atoms with van der Waals surface area (Å²) in [5.41, 5.74) is 2.56. The normalized spacial score (nSPS) is 16.5. The van der Waals surface area contributed by atoms with Crippen molar-refractivity contribution >= 4 is 11.6 Å². The number of fused-ring (bicyclic) bond motifs is 1. The first-order valence-corrected chi connectivity index (χ1v) is 6.81. The highest BCUT2D eigenvalue weighted by atomic mass is 16.2. The molecule has 3 rings (SSSR count). The molecule has 0 aliphatic carbocycles. The van der Waals surface area contributed by atoms with E-state index in [0.29, 0.717) is 0 Å². The van der Waals surface area contributed by atoms with Crippen molar-refractivity contribution < 1.29 is 4.79 Å². The lowest BCUT2D eigenvalue weighted by Crippen LogP contribution is -2.60. The van der Waals surface area contributed by atoms with Gasteiger partial charge in [-0.2, -0.15) is 0 Å². The molecule has 0 spiro atoms. The van der Waals surface area contributed by atoms with Gasteiger partial charge in [-0.25, -0.2) is 0 Å². The van der Waals surface area contributed by atoms with E-state index in [2.05, 4.69) is 22.3 Å². The second-order valence-electron chi connectivity index (χ2n) is 5.60. The fraction of sp³-hybridized carbons (Fsp3) is 0.235. The van der Waals surface area contributed by atoms with Gasteiger partial charge in [0.15, 0.2) is 0 Å². The fourth-order valence-electron chi connectivity index (χ4n) is 2.66. The van der Waals surface area contributed by atoms with Crippen LogP contribution in [0.3, 0.4) is 0 Å². The molecule has 0 fully saturated rings. The van der Waals surface area contributed by atoms with Crippen LogP contribution in [0.5, 0.6) is 0 Å². The lowest BCUT2D eigenvalue weighted by Gasteiger charge is -2.45. The molecule has 1 amide bonds. The second-order valence-corrected chi connectivity index (χ2v) is 5.60. The first kappa shape index (κ1) is 12.7. The molecule has 3 nitrogen and oxygen atoms in total. The maximum Gasteiger partial charge on any atom is 0.255 e. The minimum absolute atomic E-state index is 0.00471. The van der Waals surface area contributed by atoms with Gasteiger partial charge in [-0.3, -0.25) is 4.79 Å².